The number of amides is 2. The molecule has 1 heterocycles. The standard InChI is InChI=1S/C18H12Cl2FNO4/c19-13-9-14(20)15(21)8-12(13)18(25)26-7-3-6-22-16(23)10-4-1-2-5-11(10)17(22)24/h1-2,4-5,8-9H,3,6-7H2. The van der Waals surface area contributed by atoms with Crippen LogP contribution in [0.4, 0.5) is 4.39 Å². The molecule has 134 valence electrons. The predicted octanol–water partition coefficient (Wildman–Crippen LogP) is 3.98. The van der Waals surface area contributed by atoms with Crippen molar-refractivity contribution in [2.75, 3.05) is 13.2 Å². The van der Waals surface area contributed by atoms with Crippen LogP contribution in [0, 0.1) is 5.82 Å². The summed E-state index contributed by atoms with van der Waals surface area (Å²) in [6.45, 7) is 0.0369. The molecular weight excluding hydrogens is 384 g/mol. The molecule has 0 radical (unpaired) electrons. The maximum absolute atomic E-state index is 13.4. The summed E-state index contributed by atoms with van der Waals surface area (Å²) in [5.41, 5.74) is 0.574. The van der Waals surface area contributed by atoms with Crippen LogP contribution >= 0.6 is 23.2 Å². The third kappa shape index (κ3) is 3.43. The van der Waals surface area contributed by atoms with Crippen LogP contribution in [0.15, 0.2) is 36.4 Å². The highest BCUT2D eigenvalue weighted by atomic mass is 35.5. The molecule has 0 atom stereocenters. The molecule has 0 aliphatic carbocycles. The number of imide groups is 1. The number of halogens is 3. The van der Waals surface area contributed by atoms with Crippen molar-refractivity contribution in [2.45, 2.75) is 6.42 Å². The van der Waals surface area contributed by atoms with Gasteiger partial charge in [0.25, 0.3) is 11.8 Å². The van der Waals surface area contributed by atoms with E-state index in [1.807, 2.05) is 0 Å². The van der Waals surface area contributed by atoms with Gasteiger partial charge in [-0.15, -0.1) is 0 Å². The molecule has 2 amide bonds. The van der Waals surface area contributed by atoms with Gasteiger partial charge in [-0.25, -0.2) is 9.18 Å². The van der Waals surface area contributed by atoms with Gasteiger partial charge in [0.15, 0.2) is 0 Å². The Hall–Kier alpha value is -2.44. The second-order valence-electron chi connectivity index (χ2n) is 5.54. The van der Waals surface area contributed by atoms with E-state index in [9.17, 15) is 18.8 Å². The Labute approximate surface area is 158 Å². The monoisotopic (exact) mass is 395 g/mol. The number of carbonyl (C=O) groups is 3. The van der Waals surface area contributed by atoms with Crippen molar-refractivity contribution in [1.82, 2.24) is 4.90 Å². The van der Waals surface area contributed by atoms with E-state index in [4.69, 9.17) is 27.9 Å². The molecule has 2 aromatic rings. The fourth-order valence-corrected chi connectivity index (χ4v) is 3.05. The SMILES string of the molecule is O=C(OCCCN1C(=O)c2ccccc2C1=O)c1cc(F)c(Cl)cc1Cl. The van der Waals surface area contributed by atoms with Crippen LogP contribution in [-0.2, 0) is 4.74 Å². The van der Waals surface area contributed by atoms with Crippen molar-refractivity contribution in [3.8, 4) is 0 Å². The second-order valence-corrected chi connectivity index (χ2v) is 6.36. The van der Waals surface area contributed by atoms with Gasteiger partial charge in [0.1, 0.15) is 5.82 Å². The van der Waals surface area contributed by atoms with E-state index < -0.39 is 11.8 Å². The lowest BCUT2D eigenvalue weighted by Gasteiger charge is -2.13. The first-order valence-electron chi connectivity index (χ1n) is 7.67. The highest BCUT2D eigenvalue weighted by molar-refractivity contribution is 6.36. The Morgan fingerprint density at radius 1 is 1.04 bits per heavy atom. The highest BCUT2D eigenvalue weighted by Crippen LogP contribution is 2.25. The third-order valence-electron chi connectivity index (χ3n) is 3.87. The molecule has 0 saturated carbocycles. The second kappa shape index (κ2) is 7.43. The van der Waals surface area contributed by atoms with Gasteiger partial charge in [0.05, 0.1) is 33.3 Å². The van der Waals surface area contributed by atoms with Crippen LogP contribution in [0.2, 0.25) is 10.0 Å². The lowest BCUT2D eigenvalue weighted by molar-refractivity contribution is 0.0482. The number of nitrogens with zero attached hydrogens (tertiary/aromatic N) is 1. The molecule has 0 aromatic heterocycles. The summed E-state index contributed by atoms with van der Waals surface area (Å²) >= 11 is 11.4. The van der Waals surface area contributed by atoms with E-state index in [1.54, 1.807) is 24.3 Å². The first kappa shape index (κ1) is 18.4. The van der Waals surface area contributed by atoms with E-state index in [-0.39, 0.29) is 47.0 Å². The molecule has 0 N–H and O–H groups in total. The first-order valence-corrected chi connectivity index (χ1v) is 8.42. The number of ether oxygens (including phenoxy) is 1. The topological polar surface area (TPSA) is 63.7 Å². The zero-order valence-electron chi connectivity index (χ0n) is 13.3. The number of hydrogen-bond acceptors (Lipinski definition) is 4. The van der Waals surface area contributed by atoms with E-state index in [1.165, 1.54) is 0 Å². The van der Waals surface area contributed by atoms with Gasteiger partial charge < -0.3 is 4.74 Å². The van der Waals surface area contributed by atoms with Crippen molar-refractivity contribution in [3.63, 3.8) is 0 Å². The number of fused-ring (bicyclic) bond motifs is 1. The molecule has 5 nitrogen and oxygen atoms in total. The molecule has 26 heavy (non-hydrogen) atoms. The molecule has 0 fully saturated rings. The molecule has 0 bridgehead atoms. The highest BCUT2D eigenvalue weighted by Gasteiger charge is 2.34. The Balaban J connectivity index is 1.55. The van der Waals surface area contributed by atoms with Crippen LogP contribution in [0.5, 0.6) is 0 Å². The Morgan fingerprint density at radius 2 is 1.65 bits per heavy atom. The Kier molecular flexibility index (Phi) is 5.25. The molecule has 0 spiro atoms. The van der Waals surface area contributed by atoms with Crippen LogP contribution in [-0.4, -0.2) is 35.8 Å². The fourth-order valence-electron chi connectivity index (χ4n) is 2.59. The van der Waals surface area contributed by atoms with Crippen molar-refractivity contribution in [2.24, 2.45) is 0 Å². The van der Waals surface area contributed by atoms with Gasteiger partial charge >= 0.3 is 5.97 Å². The summed E-state index contributed by atoms with van der Waals surface area (Å²) in [5, 5.41) is -0.223. The fraction of sp³-hybridized carbons (Fsp3) is 0.167. The minimum atomic E-state index is -0.812. The number of carbonyl (C=O) groups excluding carboxylic acids is 3. The van der Waals surface area contributed by atoms with Crippen molar-refractivity contribution in [1.29, 1.82) is 0 Å². The van der Waals surface area contributed by atoms with Crippen LogP contribution < -0.4 is 0 Å². The van der Waals surface area contributed by atoms with Gasteiger partial charge in [-0.3, -0.25) is 14.5 Å². The van der Waals surface area contributed by atoms with Gasteiger partial charge in [-0.1, -0.05) is 35.3 Å². The van der Waals surface area contributed by atoms with Crippen molar-refractivity contribution >= 4 is 41.0 Å². The van der Waals surface area contributed by atoms with Crippen molar-refractivity contribution in [3.05, 3.63) is 69.0 Å². The maximum atomic E-state index is 13.4. The summed E-state index contributed by atoms with van der Waals surface area (Å²) in [7, 11) is 0. The van der Waals surface area contributed by atoms with E-state index >= 15 is 0 Å². The molecule has 8 heteroatoms. The first-order chi connectivity index (χ1) is 12.4. The van der Waals surface area contributed by atoms with Crippen LogP contribution in [0.1, 0.15) is 37.5 Å². The Morgan fingerprint density at radius 3 is 2.27 bits per heavy atom. The third-order valence-corrected chi connectivity index (χ3v) is 4.47. The molecular formula is C18H12Cl2FNO4. The quantitative estimate of drug-likeness (QED) is 0.332. The summed E-state index contributed by atoms with van der Waals surface area (Å²) in [6, 6.07) is 8.57. The summed E-state index contributed by atoms with van der Waals surface area (Å²) in [6.07, 6.45) is 0.241. The lowest BCUT2D eigenvalue weighted by Crippen LogP contribution is -2.31. The maximum Gasteiger partial charge on any atom is 0.339 e. The van der Waals surface area contributed by atoms with Crippen molar-refractivity contribution < 1.29 is 23.5 Å². The number of rotatable bonds is 5. The number of benzene rings is 2. The van der Waals surface area contributed by atoms with Gasteiger partial charge in [0.2, 0.25) is 0 Å². The van der Waals surface area contributed by atoms with Gasteiger partial charge in [-0.05, 0) is 30.7 Å². The Bertz CT molecular complexity index is 881. The zero-order valence-corrected chi connectivity index (χ0v) is 14.8. The zero-order chi connectivity index (χ0) is 18.8. The minimum Gasteiger partial charge on any atom is -0.462 e. The average Bonchev–Trinajstić information content (AvgIpc) is 2.86. The molecule has 3 rings (SSSR count). The average molecular weight is 396 g/mol. The minimum absolute atomic E-state index is 0.0262. The largest absolute Gasteiger partial charge is 0.462 e. The normalized spacial score (nSPS) is 13.1. The van der Waals surface area contributed by atoms with E-state index in [0.717, 1.165) is 17.0 Å². The summed E-state index contributed by atoms with van der Waals surface area (Å²) in [5.74, 6) is -2.35. The molecule has 1 aliphatic rings. The van der Waals surface area contributed by atoms with Gasteiger partial charge in [0, 0.05) is 6.54 Å². The molecule has 1 aliphatic heterocycles. The van der Waals surface area contributed by atoms with E-state index in [0.29, 0.717) is 11.1 Å². The summed E-state index contributed by atoms with van der Waals surface area (Å²) in [4.78, 5) is 37.5. The predicted molar refractivity (Wildman–Crippen MR) is 93.1 cm³/mol. The number of esters is 1. The molecule has 2 aromatic carbocycles. The molecule has 0 unspecified atom stereocenters. The smallest absolute Gasteiger partial charge is 0.339 e. The van der Waals surface area contributed by atoms with E-state index in [2.05, 4.69) is 0 Å². The van der Waals surface area contributed by atoms with Crippen LogP contribution in [0.25, 0.3) is 0 Å². The van der Waals surface area contributed by atoms with Gasteiger partial charge in [-0.2, -0.15) is 0 Å². The molecule has 0 saturated heterocycles. The summed E-state index contributed by atoms with van der Waals surface area (Å²) < 4.78 is 18.5. The van der Waals surface area contributed by atoms with Crippen LogP contribution in [0.3, 0.4) is 0 Å². The lowest BCUT2D eigenvalue weighted by atomic mass is 10.1. The number of hydrogen-bond donors (Lipinski definition) is 0.